The lowest BCUT2D eigenvalue weighted by Gasteiger charge is -2.38. The van der Waals surface area contributed by atoms with E-state index >= 15 is 0 Å². The molecule has 1 aromatic heterocycles. The Hall–Kier alpha value is -1.68. The zero-order valence-corrected chi connectivity index (χ0v) is 17.6. The van der Waals surface area contributed by atoms with E-state index in [-0.39, 0.29) is 5.54 Å². The van der Waals surface area contributed by atoms with Crippen LogP contribution in [0.5, 0.6) is 0 Å². The monoisotopic (exact) mass is 435 g/mol. The molecule has 3 heterocycles. The van der Waals surface area contributed by atoms with E-state index in [1.54, 1.807) is 11.3 Å². The van der Waals surface area contributed by atoms with Crippen LogP contribution in [0.25, 0.3) is 0 Å². The van der Waals surface area contributed by atoms with Gasteiger partial charge in [-0.05, 0) is 38.1 Å². The largest absolute Gasteiger partial charge is 0.490 e. The predicted octanol–water partition coefficient (Wildman–Crippen LogP) is 3.78. The number of amides is 1. The number of hydrogen-bond donors (Lipinski definition) is 1. The molecule has 164 valence electrons. The van der Waals surface area contributed by atoms with Crippen molar-refractivity contribution < 1.29 is 27.9 Å². The maximum Gasteiger partial charge on any atom is 0.490 e. The molecule has 1 N–H and O–H groups in total. The molecule has 2 fully saturated rings. The molecule has 1 aromatic rings. The standard InChI is InChI=1S/C17H27N3OS.C2HF3O2/c1-14(2)11-19-8-3-5-17(7-9-19)6-4-16(21)20(17)12-15-10-18-13-22-15;3-2(4,5)1(6)7/h10,13-14H,3-9,11-12H2,1-2H3;(H,6,7). The first kappa shape index (κ1) is 23.6. The number of nitrogens with zero attached hydrogens (tertiary/aromatic N) is 3. The molecule has 0 bridgehead atoms. The van der Waals surface area contributed by atoms with Gasteiger partial charge in [-0.1, -0.05) is 13.8 Å². The van der Waals surface area contributed by atoms with Crippen LogP contribution in [0, 0.1) is 5.92 Å². The summed E-state index contributed by atoms with van der Waals surface area (Å²) in [5, 5.41) is 7.12. The van der Waals surface area contributed by atoms with E-state index < -0.39 is 12.1 Å². The molecule has 0 aromatic carbocycles. The molecule has 2 saturated heterocycles. The van der Waals surface area contributed by atoms with E-state index in [4.69, 9.17) is 9.90 Å². The quantitative estimate of drug-likeness (QED) is 0.779. The SMILES string of the molecule is CC(C)CN1CCCC2(CCC(=O)N2Cc2cncs2)CC1.O=C(O)C(F)(F)F. The predicted molar refractivity (Wildman–Crippen MR) is 103 cm³/mol. The Bertz CT molecular complexity index is 682. The van der Waals surface area contributed by atoms with E-state index in [0.29, 0.717) is 11.8 Å². The lowest BCUT2D eigenvalue weighted by atomic mass is 9.87. The van der Waals surface area contributed by atoms with Crippen molar-refractivity contribution in [3.63, 3.8) is 0 Å². The highest BCUT2D eigenvalue weighted by atomic mass is 32.1. The summed E-state index contributed by atoms with van der Waals surface area (Å²) in [6.07, 6.45) is 2.09. The van der Waals surface area contributed by atoms with Crippen molar-refractivity contribution in [2.45, 2.75) is 64.2 Å². The Labute approximate surface area is 172 Å². The van der Waals surface area contributed by atoms with Crippen molar-refractivity contribution >= 4 is 23.2 Å². The van der Waals surface area contributed by atoms with Crippen LogP contribution in [-0.4, -0.2) is 63.1 Å². The summed E-state index contributed by atoms with van der Waals surface area (Å²) < 4.78 is 31.7. The van der Waals surface area contributed by atoms with Gasteiger partial charge in [-0.15, -0.1) is 11.3 Å². The number of hydrogen-bond acceptors (Lipinski definition) is 5. The molecule has 2 aliphatic rings. The highest BCUT2D eigenvalue weighted by molar-refractivity contribution is 7.09. The topological polar surface area (TPSA) is 73.7 Å². The van der Waals surface area contributed by atoms with Crippen molar-refractivity contribution in [1.82, 2.24) is 14.8 Å². The molecule has 3 rings (SSSR count). The lowest BCUT2D eigenvalue weighted by Crippen LogP contribution is -2.45. The summed E-state index contributed by atoms with van der Waals surface area (Å²) in [5.74, 6) is -1.70. The second-order valence-electron chi connectivity index (χ2n) is 8.02. The number of halogens is 3. The molecule has 6 nitrogen and oxygen atoms in total. The van der Waals surface area contributed by atoms with E-state index in [1.807, 2.05) is 11.7 Å². The van der Waals surface area contributed by atoms with Crippen molar-refractivity contribution in [1.29, 1.82) is 0 Å². The average molecular weight is 436 g/mol. The Balaban J connectivity index is 0.000000370. The molecule has 1 amide bonds. The zero-order chi connectivity index (χ0) is 21.7. The number of aliphatic carboxylic acids is 1. The summed E-state index contributed by atoms with van der Waals surface area (Å²) >= 11 is 1.66. The van der Waals surface area contributed by atoms with E-state index in [9.17, 15) is 18.0 Å². The summed E-state index contributed by atoms with van der Waals surface area (Å²) in [4.78, 5) is 31.5. The first-order valence-electron chi connectivity index (χ1n) is 9.74. The number of thiazole rings is 1. The van der Waals surface area contributed by atoms with Crippen molar-refractivity contribution in [3.05, 3.63) is 16.6 Å². The second kappa shape index (κ2) is 9.88. The number of carboxylic acid groups (broad SMARTS) is 1. The maximum atomic E-state index is 12.4. The molecular weight excluding hydrogens is 407 g/mol. The second-order valence-corrected chi connectivity index (χ2v) is 8.99. The van der Waals surface area contributed by atoms with Crippen molar-refractivity contribution in [2.24, 2.45) is 5.92 Å². The van der Waals surface area contributed by atoms with Crippen LogP contribution < -0.4 is 0 Å². The third kappa shape index (κ3) is 6.67. The molecule has 1 atom stereocenters. The number of carboxylic acids is 1. The van der Waals surface area contributed by atoms with Gasteiger partial charge in [-0.25, -0.2) is 4.79 Å². The van der Waals surface area contributed by atoms with Gasteiger partial charge in [0, 0.05) is 36.1 Å². The lowest BCUT2D eigenvalue weighted by molar-refractivity contribution is -0.192. The molecule has 29 heavy (non-hydrogen) atoms. The molecule has 2 aliphatic heterocycles. The van der Waals surface area contributed by atoms with E-state index in [2.05, 4.69) is 28.6 Å². The molecule has 10 heteroatoms. The van der Waals surface area contributed by atoms with Gasteiger partial charge in [0.25, 0.3) is 0 Å². The minimum Gasteiger partial charge on any atom is -0.475 e. The summed E-state index contributed by atoms with van der Waals surface area (Å²) in [6, 6.07) is 0. The molecule has 1 spiro atoms. The van der Waals surface area contributed by atoms with Crippen LogP contribution in [-0.2, 0) is 16.1 Å². The van der Waals surface area contributed by atoms with Gasteiger partial charge < -0.3 is 14.9 Å². The van der Waals surface area contributed by atoms with Crippen LogP contribution >= 0.6 is 11.3 Å². The van der Waals surface area contributed by atoms with Crippen LogP contribution in [0.3, 0.4) is 0 Å². The molecular formula is C19H28F3N3O3S. The smallest absolute Gasteiger partial charge is 0.475 e. The van der Waals surface area contributed by atoms with Gasteiger partial charge in [-0.3, -0.25) is 9.78 Å². The number of carbonyl (C=O) groups excluding carboxylic acids is 1. The average Bonchev–Trinajstić information content (AvgIpc) is 3.17. The Morgan fingerprint density at radius 3 is 2.55 bits per heavy atom. The fourth-order valence-corrected chi connectivity index (χ4v) is 4.64. The third-order valence-electron chi connectivity index (χ3n) is 5.35. The Kier molecular flexibility index (Phi) is 8.04. The number of rotatable bonds is 4. The van der Waals surface area contributed by atoms with E-state index in [1.165, 1.54) is 24.4 Å². The fraction of sp³-hybridized carbons (Fsp3) is 0.737. The first-order chi connectivity index (χ1) is 13.5. The summed E-state index contributed by atoms with van der Waals surface area (Å²) in [5.41, 5.74) is 1.97. The van der Waals surface area contributed by atoms with Gasteiger partial charge in [0.15, 0.2) is 0 Å². The van der Waals surface area contributed by atoms with Crippen LogP contribution in [0.2, 0.25) is 0 Å². The Morgan fingerprint density at radius 1 is 1.31 bits per heavy atom. The van der Waals surface area contributed by atoms with Gasteiger partial charge in [0.2, 0.25) is 5.91 Å². The maximum absolute atomic E-state index is 12.4. The molecule has 0 radical (unpaired) electrons. The summed E-state index contributed by atoms with van der Waals surface area (Å²) in [6.45, 7) is 8.82. The normalized spacial score (nSPS) is 23.2. The highest BCUT2D eigenvalue weighted by Crippen LogP contribution is 2.40. The molecule has 0 aliphatic carbocycles. The van der Waals surface area contributed by atoms with Crippen LogP contribution in [0.1, 0.15) is 50.8 Å². The van der Waals surface area contributed by atoms with Crippen LogP contribution in [0.15, 0.2) is 11.7 Å². The molecule has 1 unspecified atom stereocenters. The zero-order valence-electron chi connectivity index (χ0n) is 16.7. The van der Waals surface area contributed by atoms with Gasteiger partial charge in [0.05, 0.1) is 12.1 Å². The third-order valence-corrected chi connectivity index (χ3v) is 6.12. The minimum absolute atomic E-state index is 0.104. The van der Waals surface area contributed by atoms with E-state index in [0.717, 1.165) is 38.8 Å². The number of aromatic nitrogens is 1. The fourth-order valence-electron chi connectivity index (χ4n) is 4.06. The molecule has 0 saturated carbocycles. The number of carbonyl (C=O) groups is 2. The van der Waals surface area contributed by atoms with Crippen molar-refractivity contribution in [3.8, 4) is 0 Å². The van der Waals surface area contributed by atoms with Gasteiger partial charge >= 0.3 is 12.1 Å². The Morgan fingerprint density at radius 2 is 2.00 bits per heavy atom. The van der Waals surface area contributed by atoms with Gasteiger partial charge in [0.1, 0.15) is 0 Å². The van der Waals surface area contributed by atoms with Gasteiger partial charge in [-0.2, -0.15) is 13.2 Å². The first-order valence-corrected chi connectivity index (χ1v) is 10.6. The minimum atomic E-state index is -5.08. The number of likely N-dealkylation sites (tertiary alicyclic amines) is 2. The highest BCUT2D eigenvalue weighted by Gasteiger charge is 2.45. The van der Waals surface area contributed by atoms with Crippen molar-refractivity contribution in [2.75, 3.05) is 19.6 Å². The summed E-state index contributed by atoms with van der Waals surface area (Å²) in [7, 11) is 0. The number of alkyl halides is 3. The van der Waals surface area contributed by atoms with Crippen LogP contribution in [0.4, 0.5) is 13.2 Å².